The molecule has 4 aromatic rings. The number of hydrogen-bond acceptors (Lipinski definition) is 9. The number of anilines is 1. The molecule has 2 aromatic heterocycles. The number of pyridine rings is 2. The first-order chi connectivity index (χ1) is 19.8. The summed E-state index contributed by atoms with van der Waals surface area (Å²) in [5.74, 6) is 2.05. The van der Waals surface area contributed by atoms with E-state index in [0.717, 1.165) is 52.8 Å². The molecule has 3 heterocycles. The highest BCUT2D eigenvalue weighted by atomic mass is 32.2. The summed E-state index contributed by atoms with van der Waals surface area (Å²) in [6.45, 7) is 2.82. The fraction of sp³-hybridized carbons (Fsp3) is 0.355. The van der Waals surface area contributed by atoms with Crippen molar-refractivity contribution in [1.29, 1.82) is 0 Å². The van der Waals surface area contributed by atoms with Gasteiger partial charge in [0.1, 0.15) is 17.3 Å². The Hall–Kier alpha value is -3.73. The van der Waals surface area contributed by atoms with Crippen molar-refractivity contribution in [3.63, 3.8) is 0 Å². The molecule has 0 radical (unpaired) electrons. The maximum atomic E-state index is 12.8. The molecular formula is C31H35N3O6S. The fourth-order valence-electron chi connectivity index (χ4n) is 4.45. The van der Waals surface area contributed by atoms with Crippen LogP contribution < -0.4 is 14.4 Å². The largest absolute Gasteiger partial charge is 0.493 e. The van der Waals surface area contributed by atoms with E-state index < -0.39 is 10.1 Å². The van der Waals surface area contributed by atoms with E-state index in [-0.39, 0.29) is 17.8 Å². The number of fused-ring (bicyclic) bond motifs is 1. The van der Waals surface area contributed by atoms with Gasteiger partial charge < -0.3 is 19.1 Å². The summed E-state index contributed by atoms with van der Waals surface area (Å²) in [4.78, 5) is 11.2. The molecule has 1 aliphatic rings. The second-order valence-corrected chi connectivity index (χ2v) is 11.8. The van der Waals surface area contributed by atoms with Crippen LogP contribution in [0, 0.1) is 6.92 Å². The number of rotatable bonds is 11. The van der Waals surface area contributed by atoms with Gasteiger partial charge in [0.05, 0.1) is 35.9 Å². The molecule has 1 aliphatic heterocycles. The van der Waals surface area contributed by atoms with E-state index in [9.17, 15) is 8.42 Å². The maximum Gasteiger partial charge on any atom is 0.297 e. The van der Waals surface area contributed by atoms with Gasteiger partial charge in [0, 0.05) is 50.1 Å². The molecule has 10 heteroatoms. The van der Waals surface area contributed by atoms with E-state index in [1.807, 2.05) is 74.6 Å². The Kier molecular flexibility index (Phi) is 9.02. The van der Waals surface area contributed by atoms with E-state index in [0.29, 0.717) is 31.1 Å². The minimum absolute atomic E-state index is 0.00270. The van der Waals surface area contributed by atoms with Gasteiger partial charge in [0.25, 0.3) is 10.1 Å². The first kappa shape index (κ1) is 28.8. The summed E-state index contributed by atoms with van der Waals surface area (Å²) in [5, 5.41) is 0.943. The number of hydrogen-bond donors (Lipinski definition) is 0. The summed E-state index contributed by atoms with van der Waals surface area (Å²) in [7, 11) is -0.0312. The smallest absolute Gasteiger partial charge is 0.297 e. The molecule has 1 atom stereocenters. The molecule has 1 saturated heterocycles. The Morgan fingerprint density at radius 2 is 1.88 bits per heavy atom. The van der Waals surface area contributed by atoms with Crippen LogP contribution in [0.2, 0.25) is 0 Å². The minimum Gasteiger partial charge on any atom is -0.493 e. The van der Waals surface area contributed by atoms with Crippen molar-refractivity contribution in [2.24, 2.45) is 0 Å². The van der Waals surface area contributed by atoms with Gasteiger partial charge in [-0.25, -0.2) is 9.97 Å². The van der Waals surface area contributed by atoms with Gasteiger partial charge in [-0.05, 0) is 67.8 Å². The van der Waals surface area contributed by atoms with Gasteiger partial charge in [0.15, 0.2) is 6.29 Å². The summed E-state index contributed by atoms with van der Waals surface area (Å²) in [6, 6.07) is 18.4. The Morgan fingerprint density at radius 3 is 2.63 bits per heavy atom. The lowest BCUT2D eigenvalue weighted by molar-refractivity contribution is -0.106. The Balaban J connectivity index is 1.13. The average Bonchev–Trinajstić information content (AvgIpc) is 2.98. The van der Waals surface area contributed by atoms with Crippen molar-refractivity contribution in [1.82, 2.24) is 9.97 Å². The molecule has 0 N–H and O–H groups in total. The molecular weight excluding hydrogens is 542 g/mol. The highest BCUT2D eigenvalue weighted by Crippen LogP contribution is 2.28. The second-order valence-electron chi connectivity index (χ2n) is 10.2. The van der Waals surface area contributed by atoms with Crippen LogP contribution in [-0.4, -0.2) is 58.6 Å². The van der Waals surface area contributed by atoms with Crippen LogP contribution in [0.15, 0.2) is 71.8 Å². The minimum atomic E-state index is -3.94. The van der Waals surface area contributed by atoms with Crippen molar-refractivity contribution in [2.45, 2.75) is 43.8 Å². The monoisotopic (exact) mass is 577 g/mol. The predicted molar refractivity (Wildman–Crippen MR) is 158 cm³/mol. The summed E-state index contributed by atoms with van der Waals surface area (Å²) in [6.07, 6.45) is 4.68. The van der Waals surface area contributed by atoms with Crippen LogP contribution in [0.5, 0.6) is 11.5 Å². The van der Waals surface area contributed by atoms with E-state index >= 15 is 0 Å². The first-order valence-electron chi connectivity index (χ1n) is 13.7. The molecule has 216 valence electrons. The molecule has 9 nitrogen and oxygen atoms in total. The van der Waals surface area contributed by atoms with E-state index in [4.69, 9.17) is 23.4 Å². The standard InChI is InChI=1S/C31H35N3O6S/c1-22-8-12-26(20-29(22)40-31-7-4-5-16-38-31)41(35,36)39-18-6-17-37-25-11-14-27-23(19-25)9-13-28(33-27)24-10-15-30(32-21-24)34(2)3/h8-15,19-21,31H,4-7,16-18H2,1-3H3. The lowest BCUT2D eigenvalue weighted by atomic mass is 10.1. The third-order valence-electron chi connectivity index (χ3n) is 6.80. The topological polar surface area (TPSA) is 100 Å². The lowest BCUT2D eigenvalue weighted by Crippen LogP contribution is -2.25. The Morgan fingerprint density at radius 1 is 1.00 bits per heavy atom. The van der Waals surface area contributed by atoms with Gasteiger partial charge in [0.2, 0.25) is 0 Å². The number of aryl methyl sites for hydroxylation is 1. The normalized spacial score (nSPS) is 15.5. The van der Waals surface area contributed by atoms with E-state index in [2.05, 4.69) is 4.98 Å². The molecule has 1 unspecified atom stereocenters. The summed E-state index contributed by atoms with van der Waals surface area (Å²) >= 11 is 0. The van der Waals surface area contributed by atoms with Crippen molar-refractivity contribution in [3.8, 4) is 22.8 Å². The van der Waals surface area contributed by atoms with Crippen molar-refractivity contribution in [3.05, 3.63) is 72.4 Å². The molecule has 2 aromatic carbocycles. The van der Waals surface area contributed by atoms with Crippen LogP contribution in [0.3, 0.4) is 0 Å². The second kappa shape index (κ2) is 12.8. The zero-order valence-electron chi connectivity index (χ0n) is 23.6. The van der Waals surface area contributed by atoms with Gasteiger partial charge in [-0.15, -0.1) is 0 Å². The Bertz CT molecular complexity index is 1590. The van der Waals surface area contributed by atoms with Crippen molar-refractivity contribution < 1.29 is 26.8 Å². The SMILES string of the molecule is Cc1ccc(S(=O)(=O)OCCCOc2ccc3nc(-c4ccc(N(C)C)nc4)ccc3c2)cc1OC1CCCCO1. The van der Waals surface area contributed by atoms with Gasteiger partial charge in [-0.2, -0.15) is 8.42 Å². The zero-order valence-corrected chi connectivity index (χ0v) is 24.4. The van der Waals surface area contributed by atoms with E-state index in [1.165, 1.54) is 12.1 Å². The van der Waals surface area contributed by atoms with Crippen LogP contribution in [-0.2, 0) is 19.0 Å². The van der Waals surface area contributed by atoms with Gasteiger partial charge >= 0.3 is 0 Å². The lowest BCUT2D eigenvalue weighted by Gasteiger charge is -2.24. The van der Waals surface area contributed by atoms with Crippen molar-refractivity contribution >= 4 is 26.8 Å². The zero-order chi connectivity index (χ0) is 28.8. The first-order valence-corrected chi connectivity index (χ1v) is 15.1. The number of aromatic nitrogens is 2. The predicted octanol–water partition coefficient (Wildman–Crippen LogP) is 5.75. The van der Waals surface area contributed by atoms with Gasteiger partial charge in [-0.3, -0.25) is 4.18 Å². The third-order valence-corrected chi connectivity index (χ3v) is 8.11. The highest BCUT2D eigenvalue weighted by molar-refractivity contribution is 7.86. The molecule has 41 heavy (non-hydrogen) atoms. The average molecular weight is 578 g/mol. The molecule has 0 spiro atoms. The molecule has 1 fully saturated rings. The third kappa shape index (κ3) is 7.32. The van der Waals surface area contributed by atoms with Crippen LogP contribution in [0.25, 0.3) is 22.2 Å². The molecule has 0 aliphatic carbocycles. The van der Waals surface area contributed by atoms with Crippen molar-refractivity contribution in [2.75, 3.05) is 38.8 Å². The highest BCUT2D eigenvalue weighted by Gasteiger charge is 2.20. The molecule has 5 rings (SSSR count). The van der Waals surface area contributed by atoms with Crippen LogP contribution in [0.1, 0.15) is 31.2 Å². The van der Waals surface area contributed by atoms with E-state index in [1.54, 1.807) is 6.07 Å². The Labute approximate surface area is 241 Å². The maximum absolute atomic E-state index is 12.8. The summed E-state index contributed by atoms with van der Waals surface area (Å²) in [5.41, 5.74) is 3.47. The van der Waals surface area contributed by atoms with Crippen LogP contribution >= 0.6 is 0 Å². The fourth-order valence-corrected chi connectivity index (χ4v) is 5.41. The van der Waals surface area contributed by atoms with Gasteiger partial charge in [-0.1, -0.05) is 12.1 Å². The molecule has 0 bridgehead atoms. The number of nitrogens with zero attached hydrogens (tertiary/aromatic N) is 3. The van der Waals surface area contributed by atoms with Crippen LogP contribution in [0.4, 0.5) is 5.82 Å². The quantitative estimate of drug-likeness (QED) is 0.163. The molecule has 0 saturated carbocycles. The number of benzene rings is 2. The molecule has 0 amide bonds. The summed E-state index contributed by atoms with van der Waals surface area (Å²) < 4.78 is 48.2. The number of ether oxygens (including phenoxy) is 3.